The molecule has 0 fully saturated rings. The van der Waals surface area contributed by atoms with Gasteiger partial charge in [-0.05, 0) is 53.4 Å². The molecule has 0 aromatic rings. The highest BCUT2D eigenvalue weighted by atomic mass is 32.2. The molecule has 0 bridgehead atoms. The molecule has 0 aliphatic carbocycles. The monoisotopic (exact) mass is 282 g/mol. The molecule has 0 unspecified atom stereocenters. The summed E-state index contributed by atoms with van der Waals surface area (Å²) in [5.74, 6) is 0.784. The maximum absolute atomic E-state index is 8.91. The highest BCUT2D eigenvalue weighted by molar-refractivity contribution is 8.00. The zero-order valence-corrected chi connectivity index (χ0v) is 13.9. The summed E-state index contributed by atoms with van der Waals surface area (Å²) in [6.07, 6.45) is 11.1. The van der Waals surface area contributed by atoms with Crippen molar-refractivity contribution in [3.8, 4) is 0 Å². The van der Waals surface area contributed by atoms with E-state index in [9.17, 15) is 0 Å². The van der Waals surface area contributed by atoms with Crippen LogP contribution in [0.3, 0.4) is 0 Å². The molecule has 0 rings (SSSR count). The van der Waals surface area contributed by atoms with Crippen LogP contribution in [0.2, 0.25) is 0 Å². The van der Waals surface area contributed by atoms with Gasteiger partial charge in [0.05, 0.1) is 6.61 Å². The van der Waals surface area contributed by atoms with Crippen molar-refractivity contribution < 1.29 is 5.11 Å². The highest BCUT2D eigenvalue weighted by Gasteiger charge is 2.19. The van der Waals surface area contributed by atoms with E-state index in [-0.39, 0.29) is 11.4 Å². The first-order valence-corrected chi connectivity index (χ1v) is 8.09. The average Bonchev–Trinajstić information content (AvgIpc) is 2.36. The summed E-state index contributed by atoms with van der Waals surface area (Å²) >= 11 is 1.79. The van der Waals surface area contributed by atoms with Gasteiger partial charge in [0.15, 0.2) is 0 Å². The third-order valence-corrected chi connectivity index (χ3v) is 4.60. The third kappa shape index (κ3) is 10.0. The summed E-state index contributed by atoms with van der Waals surface area (Å²) in [6.45, 7) is 12.9. The van der Waals surface area contributed by atoms with Gasteiger partial charge >= 0.3 is 0 Å². The van der Waals surface area contributed by atoms with Gasteiger partial charge in [-0.15, -0.1) is 18.3 Å². The molecule has 1 N–H and O–H groups in total. The summed E-state index contributed by atoms with van der Waals surface area (Å²) in [5, 5.41) is 8.91. The van der Waals surface area contributed by atoms with E-state index >= 15 is 0 Å². The summed E-state index contributed by atoms with van der Waals surface area (Å²) in [6, 6.07) is 0. The van der Waals surface area contributed by atoms with E-state index in [2.05, 4.69) is 46.4 Å². The predicted molar refractivity (Wildman–Crippen MR) is 89.8 cm³/mol. The quantitative estimate of drug-likeness (QED) is 0.561. The normalized spacial score (nSPS) is 14.9. The minimum atomic E-state index is 0.0828. The second-order valence-corrected chi connectivity index (χ2v) is 7.13. The van der Waals surface area contributed by atoms with Crippen LogP contribution in [-0.4, -0.2) is 22.2 Å². The van der Waals surface area contributed by atoms with Crippen LogP contribution in [0.25, 0.3) is 0 Å². The molecule has 2 heteroatoms. The van der Waals surface area contributed by atoms with Crippen molar-refractivity contribution in [2.75, 3.05) is 12.4 Å². The molecule has 1 atom stereocenters. The number of hydrogen-bond donors (Lipinski definition) is 1. The molecule has 0 aliphatic heterocycles. The van der Waals surface area contributed by atoms with Gasteiger partial charge in [0.2, 0.25) is 0 Å². The van der Waals surface area contributed by atoms with E-state index in [1.165, 1.54) is 11.1 Å². The molecule has 0 amide bonds. The lowest BCUT2D eigenvalue weighted by molar-refractivity contribution is 0.322. The fraction of sp³-hybridized carbons (Fsp3) is 0.647. The smallest absolute Gasteiger partial charge is 0.0522 e. The Labute approximate surface area is 123 Å². The van der Waals surface area contributed by atoms with Crippen LogP contribution >= 0.6 is 11.8 Å². The maximum atomic E-state index is 8.91. The van der Waals surface area contributed by atoms with Crippen LogP contribution in [0, 0.1) is 0 Å². The molecule has 110 valence electrons. The van der Waals surface area contributed by atoms with Crippen molar-refractivity contribution in [2.24, 2.45) is 0 Å². The topological polar surface area (TPSA) is 20.2 Å². The molecule has 1 nitrogen and oxygen atoms in total. The fourth-order valence-electron chi connectivity index (χ4n) is 1.81. The Morgan fingerprint density at radius 2 is 1.89 bits per heavy atom. The standard InChI is InChI=1S/C17H30OS/c1-6-17(5,19-14-13-18)12-8-11-16(4)10-7-9-15(2)3/h6,9,11,18H,1,7-8,10,12-14H2,2-5H3/b16-11+/t17-/m1/s1. The van der Waals surface area contributed by atoms with Crippen LogP contribution in [0.5, 0.6) is 0 Å². The molecule has 0 spiro atoms. The fourth-order valence-corrected chi connectivity index (χ4v) is 2.75. The first-order chi connectivity index (χ1) is 8.93. The first-order valence-electron chi connectivity index (χ1n) is 7.11. The Bertz CT molecular complexity index is 313. The number of allylic oxidation sites excluding steroid dienone is 4. The average molecular weight is 282 g/mol. The van der Waals surface area contributed by atoms with Gasteiger partial charge in [-0.2, -0.15) is 0 Å². The lowest BCUT2D eigenvalue weighted by Crippen LogP contribution is -2.17. The zero-order chi connectivity index (χ0) is 14.7. The van der Waals surface area contributed by atoms with E-state index in [1.54, 1.807) is 11.8 Å². The molecule has 0 saturated carbocycles. The van der Waals surface area contributed by atoms with Gasteiger partial charge in [-0.1, -0.05) is 29.4 Å². The lowest BCUT2D eigenvalue weighted by atomic mass is 10.0. The molecule has 0 saturated heterocycles. The van der Waals surface area contributed by atoms with Crippen LogP contribution in [0.1, 0.15) is 53.4 Å². The van der Waals surface area contributed by atoms with E-state index in [0.717, 1.165) is 31.4 Å². The molecule has 0 aromatic heterocycles. The number of rotatable bonds is 10. The molecule has 0 aromatic carbocycles. The van der Waals surface area contributed by atoms with Gasteiger partial charge in [0.1, 0.15) is 0 Å². The number of thioether (sulfide) groups is 1. The first kappa shape index (κ1) is 18.5. The highest BCUT2D eigenvalue weighted by Crippen LogP contribution is 2.31. The molecule has 19 heavy (non-hydrogen) atoms. The van der Waals surface area contributed by atoms with Crippen molar-refractivity contribution in [3.63, 3.8) is 0 Å². The number of aliphatic hydroxyl groups is 1. The zero-order valence-electron chi connectivity index (χ0n) is 13.0. The van der Waals surface area contributed by atoms with E-state index in [1.807, 2.05) is 6.08 Å². The maximum Gasteiger partial charge on any atom is 0.0522 e. The Hall–Kier alpha value is -0.470. The Morgan fingerprint density at radius 3 is 2.42 bits per heavy atom. The van der Waals surface area contributed by atoms with Crippen LogP contribution in [-0.2, 0) is 0 Å². The van der Waals surface area contributed by atoms with Gasteiger partial charge < -0.3 is 5.11 Å². The van der Waals surface area contributed by atoms with Crippen molar-refractivity contribution in [1.29, 1.82) is 0 Å². The molecule has 0 heterocycles. The van der Waals surface area contributed by atoms with Crippen molar-refractivity contribution >= 4 is 11.8 Å². The minimum absolute atomic E-state index is 0.0828. The third-order valence-electron chi connectivity index (χ3n) is 3.18. The van der Waals surface area contributed by atoms with Gasteiger partial charge in [0, 0.05) is 10.5 Å². The second-order valence-electron chi connectivity index (χ2n) is 5.50. The van der Waals surface area contributed by atoms with E-state index in [4.69, 9.17) is 5.11 Å². The minimum Gasteiger partial charge on any atom is -0.396 e. The molecular weight excluding hydrogens is 252 g/mol. The van der Waals surface area contributed by atoms with Crippen molar-refractivity contribution in [2.45, 2.75) is 58.1 Å². The molecule has 0 radical (unpaired) electrons. The van der Waals surface area contributed by atoms with Crippen LogP contribution < -0.4 is 0 Å². The van der Waals surface area contributed by atoms with Crippen molar-refractivity contribution in [3.05, 3.63) is 36.0 Å². The lowest BCUT2D eigenvalue weighted by Gasteiger charge is -2.24. The Balaban J connectivity index is 4.09. The Morgan fingerprint density at radius 1 is 1.21 bits per heavy atom. The molecular formula is C17H30OS. The van der Waals surface area contributed by atoms with Gasteiger partial charge in [-0.3, -0.25) is 0 Å². The second kappa shape index (κ2) is 10.3. The van der Waals surface area contributed by atoms with Gasteiger partial charge in [0.25, 0.3) is 0 Å². The largest absolute Gasteiger partial charge is 0.396 e. The summed E-state index contributed by atoms with van der Waals surface area (Å²) in [4.78, 5) is 0. The summed E-state index contributed by atoms with van der Waals surface area (Å²) in [5.41, 5.74) is 2.86. The molecule has 0 aliphatic rings. The van der Waals surface area contributed by atoms with Gasteiger partial charge in [-0.25, -0.2) is 0 Å². The van der Waals surface area contributed by atoms with Crippen molar-refractivity contribution in [1.82, 2.24) is 0 Å². The van der Waals surface area contributed by atoms with Crippen LogP contribution in [0.4, 0.5) is 0 Å². The predicted octanol–water partition coefficient (Wildman–Crippen LogP) is 5.13. The number of aliphatic hydroxyl groups excluding tert-OH is 1. The SMILES string of the molecule is C=C[C@](C)(CC/C=C(\C)CCC=C(C)C)SCCO. The number of hydrogen-bond acceptors (Lipinski definition) is 2. The van der Waals surface area contributed by atoms with E-state index in [0.29, 0.717) is 0 Å². The summed E-state index contributed by atoms with van der Waals surface area (Å²) in [7, 11) is 0. The van der Waals surface area contributed by atoms with Crippen LogP contribution in [0.15, 0.2) is 36.0 Å². The Kier molecular flexibility index (Phi) is 10.1. The summed E-state index contributed by atoms with van der Waals surface area (Å²) < 4.78 is 0.0828. The van der Waals surface area contributed by atoms with E-state index < -0.39 is 0 Å².